The number of rotatable bonds is 8. The third kappa shape index (κ3) is 7.50. The second-order valence-corrected chi connectivity index (χ2v) is 7.14. The topological polar surface area (TPSA) is 17.1 Å². The van der Waals surface area contributed by atoms with Gasteiger partial charge in [0.25, 0.3) is 0 Å². The molecular formula is C23H27BrClNO. The molecule has 2 aromatic rings. The summed E-state index contributed by atoms with van der Waals surface area (Å²) >= 11 is 5.94. The summed E-state index contributed by atoms with van der Waals surface area (Å²) in [6.07, 6.45) is 2.06. The van der Waals surface area contributed by atoms with Gasteiger partial charge in [-0.1, -0.05) is 49.6 Å². The van der Waals surface area contributed by atoms with Gasteiger partial charge in [0.15, 0.2) is 0 Å². The first-order valence-electron chi connectivity index (χ1n) is 9.26. The van der Waals surface area contributed by atoms with Gasteiger partial charge in [0.05, 0.1) is 13.1 Å². The van der Waals surface area contributed by atoms with Gasteiger partial charge in [-0.2, -0.15) is 0 Å². The van der Waals surface area contributed by atoms with Crippen molar-refractivity contribution in [1.29, 1.82) is 0 Å². The van der Waals surface area contributed by atoms with E-state index < -0.39 is 0 Å². The summed E-state index contributed by atoms with van der Waals surface area (Å²) in [5.41, 5.74) is 1.74. The molecule has 0 heterocycles. The van der Waals surface area contributed by atoms with E-state index in [0.29, 0.717) is 22.6 Å². The van der Waals surface area contributed by atoms with Crippen molar-refractivity contribution in [3.63, 3.8) is 0 Å². The van der Waals surface area contributed by atoms with Crippen LogP contribution in [-0.4, -0.2) is 36.4 Å². The average molecular weight is 449 g/mol. The van der Waals surface area contributed by atoms with Crippen LogP contribution in [-0.2, 0) is 0 Å². The van der Waals surface area contributed by atoms with Gasteiger partial charge in [0.2, 0.25) is 5.78 Å². The number of hydrogen-bond donors (Lipinski definition) is 0. The summed E-state index contributed by atoms with van der Waals surface area (Å²) in [7, 11) is 0. The summed E-state index contributed by atoms with van der Waals surface area (Å²) in [5.74, 6) is 6.73. The maximum Gasteiger partial charge on any atom is 0.216 e. The molecule has 0 N–H and O–H groups in total. The maximum absolute atomic E-state index is 12.8. The first-order chi connectivity index (χ1) is 12.6. The van der Waals surface area contributed by atoms with Crippen LogP contribution in [0.15, 0.2) is 54.6 Å². The van der Waals surface area contributed by atoms with E-state index in [2.05, 4.69) is 25.7 Å². The lowest BCUT2D eigenvalue weighted by Gasteiger charge is -2.36. The maximum atomic E-state index is 12.8. The van der Waals surface area contributed by atoms with Crippen LogP contribution in [0.5, 0.6) is 0 Å². The molecule has 0 spiro atoms. The number of benzene rings is 2. The second-order valence-electron chi connectivity index (χ2n) is 6.70. The summed E-state index contributed by atoms with van der Waals surface area (Å²) < 4.78 is 0.717. The molecule has 0 aliphatic heterocycles. The van der Waals surface area contributed by atoms with Gasteiger partial charge in [-0.05, 0) is 55.2 Å². The first kappa shape index (κ1) is 23.4. The molecule has 0 saturated heterocycles. The normalized spacial score (nSPS) is 10.5. The van der Waals surface area contributed by atoms with Crippen molar-refractivity contribution in [2.24, 2.45) is 0 Å². The lowest BCUT2D eigenvalue weighted by atomic mass is 10.1. The van der Waals surface area contributed by atoms with Crippen molar-refractivity contribution in [3.8, 4) is 11.8 Å². The molecule has 0 fully saturated rings. The molecule has 27 heavy (non-hydrogen) atoms. The van der Waals surface area contributed by atoms with Crippen molar-refractivity contribution >= 4 is 17.4 Å². The highest BCUT2D eigenvalue weighted by Gasteiger charge is 2.28. The summed E-state index contributed by atoms with van der Waals surface area (Å²) in [6.45, 7) is 7.41. The van der Waals surface area contributed by atoms with E-state index in [9.17, 15) is 4.79 Å². The fraction of sp³-hybridized carbons (Fsp3) is 0.348. The number of quaternary nitrogens is 1. The summed E-state index contributed by atoms with van der Waals surface area (Å²) in [4.78, 5) is 12.8. The van der Waals surface area contributed by atoms with Crippen LogP contribution in [0.25, 0.3) is 0 Å². The summed E-state index contributed by atoms with van der Waals surface area (Å²) in [5, 5.41) is 0.651. The van der Waals surface area contributed by atoms with Crippen LogP contribution in [0.2, 0.25) is 5.02 Å². The Morgan fingerprint density at radius 3 is 2.11 bits per heavy atom. The van der Waals surface area contributed by atoms with Gasteiger partial charge in [-0.15, -0.1) is 0 Å². The molecule has 0 atom stereocenters. The number of ketones is 1. The molecule has 0 aliphatic rings. The number of carbonyl (C=O) groups is 1. The zero-order valence-electron chi connectivity index (χ0n) is 16.1. The third-order valence-corrected chi connectivity index (χ3v) is 4.71. The van der Waals surface area contributed by atoms with Gasteiger partial charge < -0.3 is 21.5 Å². The smallest absolute Gasteiger partial charge is 0.216 e. The zero-order chi connectivity index (χ0) is 18.8. The SMILES string of the molecule is CCC[N+](CC#Cc1ccccc1)(CCC)CC(=O)c1ccc(Cl)cc1.[Br-]. The Balaban J connectivity index is 0.00000364. The highest BCUT2D eigenvalue weighted by molar-refractivity contribution is 6.30. The minimum atomic E-state index is 0. The minimum Gasteiger partial charge on any atom is -1.00 e. The van der Waals surface area contributed by atoms with E-state index in [1.54, 1.807) is 12.1 Å². The van der Waals surface area contributed by atoms with Gasteiger partial charge >= 0.3 is 0 Å². The molecule has 0 unspecified atom stereocenters. The fourth-order valence-electron chi connectivity index (χ4n) is 3.30. The molecule has 144 valence electrons. The number of hydrogen-bond acceptors (Lipinski definition) is 1. The molecule has 0 aromatic heterocycles. The number of halogens is 2. The standard InChI is InChI=1S/C23H27ClNO.BrH/c1-3-16-25(17-4-2,18-8-11-20-9-6-5-7-10-20)19-23(26)21-12-14-22(24)15-13-21;/h5-7,9-10,12-15H,3-4,16-19H2,1-2H3;1H/q+1;/p-1. The highest BCUT2D eigenvalue weighted by atomic mass is 79.9. The largest absolute Gasteiger partial charge is 1.00 e. The van der Waals surface area contributed by atoms with Crippen molar-refractivity contribution in [2.75, 3.05) is 26.2 Å². The molecule has 2 rings (SSSR count). The number of nitrogens with zero attached hydrogens (tertiary/aromatic N) is 1. The molecule has 0 saturated carbocycles. The van der Waals surface area contributed by atoms with E-state index in [-0.39, 0.29) is 22.8 Å². The molecule has 0 amide bonds. The van der Waals surface area contributed by atoms with Crippen LogP contribution in [0, 0.1) is 11.8 Å². The first-order valence-corrected chi connectivity index (χ1v) is 9.64. The Labute approximate surface area is 178 Å². The van der Waals surface area contributed by atoms with Crippen LogP contribution in [0.3, 0.4) is 0 Å². The van der Waals surface area contributed by atoms with E-state index >= 15 is 0 Å². The Bertz CT molecular complexity index is 756. The minimum absolute atomic E-state index is 0. The van der Waals surface area contributed by atoms with E-state index in [0.717, 1.165) is 37.1 Å². The molecule has 0 radical (unpaired) electrons. The lowest BCUT2D eigenvalue weighted by molar-refractivity contribution is -0.913. The number of Topliss-reactive ketones (excluding diaryl/α,β-unsaturated/α-hetero) is 1. The Morgan fingerprint density at radius 2 is 1.56 bits per heavy atom. The molecule has 2 nitrogen and oxygen atoms in total. The van der Waals surface area contributed by atoms with Crippen molar-refractivity contribution < 1.29 is 26.3 Å². The lowest BCUT2D eigenvalue weighted by Crippen LogP contribution is -3.00. The summed E-state index contributed by atoms with van der Waals surface area (Å²) in [6, 6.07) is 17.2. The van der Waals surface area contributed by atoms with Crippen LogP contribution in [0.1, 0.15) is 42.6 Å². The van der Waals surface area contributed by atoms with E-state index in [1.807, 2.05) is 42.5 Å². The Morgan fingerprint density at radius 1 is 0.963 bits per heavy atom. The zero-order valence-corrected chi connectivity index (χ0v) is 18.4. The van der Waals surface area contributed by atoms with Crippen LogP contribution < -0.4 is 17.0 Å². The molecule has 4 heteroatoms. The van der Waals surface area contributed by atoms with Crippen molar-refractivity contribution in [1.82, 2.24) is 0 Å². The van der Waals surface area contributed by atoms with Gasteiger partial charge in [0.1, 0.15) is 13.1 Å². The van der Waals surface area contributed by atoms with Crippen LogP contribution in [0.4, 0.5) is 0 Å². The molecule has 0 bridgehead atoms. The molecular weight excluding hydrogens is 422 g/mol. The second kappa shape index (κ2) is 12.0. The fourth-order valence-corrected chi connectivity index (χ4v) is 3.42. The van der Waals surface area contributed by atoms with E-state index in [1.165, 1.54) is 0 Å². The predicted octanol–water partition coefficient (Wildman–Crippen LogP) is 2.22. The average Bonchev–Trinajstić information content (AvgIpc) is 2.63. The van der Waals surface area contributed by atoms with Crippen molar-refractivity contribution in [2.45, 2.75) is 26.7 Å². The van der Waals surface area contributed by atoms with Gasteiger partial charge in [-0.25, -0.2) is 0 Å². The Hall–Kier alpha value is -1.60. The highest BCUT2D eigenvalue weighted by Crippen LogP contribution is 2.15. The monoisotopic (exact) mass is 447 g/mol. The quantitative estimate of drug-likeness (QED) is 0.344. The van der Waals surface area contributed by atoms with Crippen LogP contribution >= 0.6 is 11.6 Å². The van der Waals surface area contributed by atoms with Gasteiger partial charge in [-0.3, -0.25) is 4.79 Å². The molecule has 2 aromatic carbocycles. The third-order valence-electron chi connectivity index (χ3n) is 4.46. The predicted molar refractivity (Wildman–Crippen MR) is 109 cm³/mol. The van der Waals surface area contributed by atoms with E-state index in [4.69, 9.17) is 11.6 Å². The Kier molecular flexibility index (Phi) is 10.4. The molecule has 0 aliphatic carbocycles. The van der Waals surface area contributed by atoms with Gasteiger partial charge in [0, 0.05) is 16.1 Å². The number of carbonyl (C=O) groups excluding carboxylic acids is 1. The van der Waals surface area contributed by atoms with Crippen molar-refractivity contribution in [3.05, 3.63) is 70.7 Å².